The highest BCUT2D eigenvalue weighted by Crippen LogP contribution is 2.13. The van der Waals surface area contributed by atoms with Gasteiger partial charge in [-0.1, -0.05) is 25.1 Å². The van der Waals surface area contributed by atoms with E-state index in [4.69, 9.17) is 5.11 Å². The quantitative estimate of drug-likeness (QED) is 0.870. The molecule has 0 bridgehead atoms. The van der Waals surface area contributed by atoms with Crippen LogP contribution in [0.2, 0.25) is 0 Å². The van der Waals surface area contributed by atoms with Crippen LogP contribution in [0.15, 0.2) is 29.1 Å². The Labute approximate surface area is 97.3 Å². The number of hydrogen-bond donors (Lipinski definition) is 1. The molecular formula is C12H12N2O3. The van der Waals surface area contributed by atoms with Gasteiger partial charge in [-0.05, 0) is 12.5 Å². The van der Waals surface area contributed by atoms with Crippen molar-refractivity contribution in [1.29, 1.82) is 0 Å². The molecule has 1 N–H and O–H groups in total. The molecule has 2 rings (SSSR count). The topological polar surface area (TPSA) is 72.2 Å². The second-order valence-corrected chi connectivity index (χ2v) is 3.73. The van der Waals surface area contributed by atoms with E-state index in [0.29, 0.717) is 17.3 Å². The Kier molecular flexibility index (Phi) is 2.91. The summed E-state index contributed by atoms with van der Waals surface area (Å²) in [7, 11) is 0. The number of carbonyl (C=O) groups is 1. The van der Waals surface area contributed by atoms with Crippen LogP contribution in [-0.2, 0) is 6.54 Å². The van der Waals surface area contributed by atoms with Gasteiger partial charge < -0.3 is 5.11 Å². The molecule has 0 radical (unpaired) electrons. The standard InChI is InChI=1S/C12H12N2O3/c1-2-7-14-11(15)9-6-4-3-5-8(9)10(13-14)12(16)17/h3-6H,2,7H2,1H3,(H,16,17). The van der Waals surface area contributed by atoms with Crippen molar-refractivity contribution in [3.63, 3.8) is 0 Å². The minimum absolute atomic E-state index is 0.0753. The molecule has 0 saturated heterocycles. The molecule has 0 saturated carbocycles. The number of benzene rings is 1. The zero-order chi connectivity index (χ0) is 12.4. The number of carboxylic acids is 1. The summed E-state index contributed by atoms with van der Waals surface area (Å²) in [5.41, 5.74) is -0.318. The minimum atomic E-state index is -1.12. The summed E-state index contributed by atoms with van der Waals surface area (Å²) in [6, 6.07) is 6.63. The Hall–Kier alpha value is -2.17. The maximum absolute atomic E-state index is 12.0. The number of hydrogen-bond acceptors (Lipinski definition) is 3. The lowest BCUT2D eigenvalue weighted by Gasteiger charge is -2.07. The first-order valence-corrected chi connectivity index (χ1v) is 5.38. The van der Waals surface area contributed by atoms with E-state index >= 15 is 0 Å². The highest BCUT2D eigenvalue weighted by molar-refractivity contribution is 6.01. The Morgan fingerprint density at radius 3 is 2.59 bits per heavy atom. The molecule has 0 amide bonds. The Morgan fingerprint density at radius 1 is 1.35 bits per heavy atom. The van der Waals surface area contributed by atoms with Crippen LogP contribution in [0.5, 0.6) is 0 Å². The molecule has 2 aromatic rings. The van der Waals surface area contributed by atoms with E-state index in [-0.39, 0.29) is 11.3 Å². The summed E-state index contributed by atoms with van der Waals surface area (Å²) < 4.78 is 1.21. The number of aromatic nitrogens is 2. The monoisotopic (exact) mass is 232 g/mol. The zero-order valence-corrected chi connectivity index (χ0v) is 9.38. The average Bonchev–Trinajstić information content (AvgIpc) is 2.32. The molecule has 1 heterocycles. The third-order valence-corrected chi connectivity index (χ3v) is 2.51. The van der Waals surface area contributed by atoms with Crippen LogP contribution < -0.4 is 5.56 Å². The number of aryl methyl sites for hydroxylation is 1. The molecule has 88 valence electrons. The van der Waals surface area contributed by atoms with E-state index < -0.39 is 5.97 Å². The average molecular weight is 232 g/mol. The van der Waals surface area contributed by atoms with Crippen molar-refractivity contribution in [2.45, 2.75) is 19.9 Å². The SMILES string of the molecule is CCCn1nc(C(=O)O)c2ccccc2c1=O. The Bertz CT molecular complexity index is 631. The van der Waals surface area contributed by atoms with Crippen LogP contribution in [0.1, 0.15) is 23.8 Å². The van der Waals surface area contributed by atoms with Crippen molar-refractivity contribution in [3.05, 3.63) is 40.3 Å². The van der Waals surface area contributed by atoms with Gasteiger partial charge in [0.05, 0.1) is 5.39 Å². The van der Waals surface area contributed by atoms with Crippen molar-refractivity contribution < 1.29 is 9.90 Å². The minimum Gasteiger partial charge on any atom is -0.476 e. The fourth-order valence-corrected chi connectivity index (χ4v) is 1.76. The Balaban J connectivity index is 2.85. The summed E-state index contributed by atoms with van der Waals surface area (Å²) in [5, 5.41) is 13.8. The number of rotatable bonds is 3. The van der Waals surface area contributed by atoms with Gasteiger partial charge in [-0.3, -0.25) is 4.79 Å². The molecule has 5 heteroatoms. The molecule has 0 fully saturated rings. The van der Waals surface area contributed by atoms with Gasteiger partial charge >= 0.3 is 5.97 Å². The van der Waals surface area contributed by atoms with Gasteiger partial charge in [-0.2, -0.15) is 5.10 Å². The first-order chi connectivity index (χ1) is 8.15. The van der Waals surface area contributed by atoms with Crippen LogP contribution >= 0.6 is 0 Å². The first kappa shape index (κ1) is 11.3. The Morgan fingerprint density at radius 2 is 2.00 bits per heavy atom. The van der Waals surface area contributed by atoms with E-state index in [2.05, 4.69) is 5.10 Å². The van der Waals surface area contributed by atoms with E-state index in [1.807, 2.05) is 6.92 Å². The molecule has 1 aromatic heterocycles. The van der Waals surface area contributed by atoms with E-state index in [1.54, 1.807) is 24.3 Å². The third kappa shape index (κ3) is 1.91. The van der Waals surface area contributed by atoms with E-state index in [0.717, 1.165) is 6.42 Å². The van der Waals surface area contributed by atoms with Gasteiger partial charge in [0, 0.05) is 11.9 Å². The lowest BCUT2D eigenvalue weighted by Crippen LogP contribution is -2.25. The molecule has 0 spiro atoms. The number of fused-ring (bicyclic) bond motifs is 1. The van der Waals surface area contributed by atoms with Crippen LogP contribution in [0.25, 0.3) is 10.8 Å². The van der Waals surface area contributed by atoms with Gasteiger partial charge in [0.1, 0.15) is 0 Å². The number of carboxylic acid groups (broad SMARTS) is 1. The lowest BCUT2D eigenvalue weighted by molar-refractivity contribution is 0.0690. The van der Waals surface area contributed by atoms with Crippen molar-refractivity contribution in [2.24, 2.45) is 0 Å². The van der Waals surface area contributed by atoms with Gasteiger partial charge in [-0.25, -0.2) is 9.48 Å². The molecule has 0 atom stereocenters. The third-order valence-electron chi connectivity index (χ3n) is 2.51. The molecule has 0 aliphatic heterocycles. The second kappa shape index (κ2) is 4.37. The van der Waals surface area contributed by atoms with Crippen molar-refractivity contribution in [3.8, 4) is 0 Å². The number of aromatic carboxylic acids is 1. The fourth-order valence-electron chi connectivity index (χ4n) is 1.76. The highest BCUT2D eigenvalue weighted by atomic mass is 16.4. The predicted molar refractivity (Wildman–Crippen MR) is 63.3 cm³/mol. The predicted octanol–water partition coefficient (Wildman–Crippen LogP) is 1.50. The van der Waals surface area contributed by atoms with E-state index in [9.17, 15) is 9.59 Å². The molecular weight excluding hydrogens is 220 g/mol. The second-order valence-electron chi connectivity index (χ2n) is 3.73. The summed E-state index contributed by atoms with van der Waals surface area (Å²) in [6.07, 6.45) is 0.726. The summed E-state index contributed by atoms with van der Waals surface area (Å²) in [5.74, 6) is -1.12. The van der Waals surface area contributed by atoms with Crippen LogP contribution in [-0.4, -0.2) is 20.9 Å². The van der Waals surface area contributed by atoms with E-state index in [1.165, 1.54) is 4.68 Å². The van der Waals surface area contributed by atoms with Crippen molar-refractivity contribution >= 4 is 16.7 Å². The molecule has 0 unspecified atom stereocenters. The van der Waals surface area contributed by atoms with Gasteiger partial charge in [0.25, 0.3) is 5.56 Å². The van der Waals surface area contributed by atoms with Crippen LogP contribution in [0.3, 0.4) is 0 Å². The lowest BCUT2D eigenvalue weighted by atomic mass is 10.1. The fraction of sp³-hybridized carbons (Fsp3) is 0.250. The summed E-state index contributed by atoms with van der Waals surface area (Å²) in [4.78, 5) is 23.1. The maximum Gasteiger partial charge on any atom is 0.357 e. The maximum atomic E-state index is 12.0. The van der Waals surface area contributed by atoms with Gasteiger partial charge in [0.15, 0.2) is 5.69 Å². The molecule has 1 aromatic carbocycles. The molecule has 0 aliphatic rings. The largest absolute Gasteiger partial charge is 0.476 e. The van der Waals surface area contributed by atoms with Crippen LogP contribution in [0.4, 0.5) is 0 Å². The smallest absolute Gasteiger partial charge is 0.357 e. The van der Waals surface area contributed by atoms with Crippen LogP contribution in [0, 0.1) is 0 Å². The van der Waals surface area contributed by atoms with Gasteiger partial charge in [-0.15, -0.1) is 0 Å². The first-order valence-electron chi connectivity index (χ1n) is 5.38. The summed E-state index contributed by atoms with van der Waals surface area (Å²) in [6.45, 7) is 2.33. The van der Waals surface area contributed by atoms with Crippen molar-refractivity contribution in [2.75, 3.05) is 0 Å². The summed E-state index contributed by atoms with van der Waals surface area (Å²) >= 11 is 0. The normalized spacial score (nSPS) is 10.6. The molecule has 5 nitrogen and oxygen atoms in total. The molecule has 0 aliphatic carbocycles. The van der Waals surface area contributed by atoms with Gasteiger partial charge in [0.2, 0.25) is 0 Å². The number of nitrogens with zero attached hydrogens (tertiary/aromatic N) is 2. The zero-order valence-electron chi connectivity index (χ0n) is 9.38. The highest BCUT2D eigenvalue weighted by Gasteiger charge is 2.14. The van der Waals surface area contributed by atoms with Crippen molar-refractivity contribution in [1.82, 2.24) is 9.78 Å². The molecule has 17 heavy (non-hydrogen) atoms.